The second-order valence-corrected chi connectivity index (χ2v) is 4.48. The maximum Gasteiger partial charge on any atom is 0.522 e. The normalized spacial score (nSPS) is 13.9. The molecule has 0 bridgehead atoms. The number of hydrogen-bond donors (Lipinski definition) is 1. The lowest BCUT2D eigenvalue weighted by Gasteiger charge is -1.97. The second-order valence-electron chi connectivity index (χ2n) is 3.07. The van der Waals surface area contributed by atoms with Gasteiger partial charge in [0.15, 0.2) is 0 Å². The molecule has 1 N–H and O–H groups in total. The van der Waals surface area contributed by atoms with Gasteiger partial charge in [0.1, 0.15) is 0 Å². The molecule has 9 heteroatoms. The zero-order valence-electron chi connectivity index (χ0n) is 8.55. The molecule has 0 unspecified atom stereocenters. The lowest BCUT2D eigenvalue weighted by molar-refractivity contribution is -0.0510. The summed E-state index contributed by atoms with van der Waals surface area (Å²) in [6.07, 6.45) is 1.59. The standard InChI is InChI=1S/C8H5NO.CHF3O3S/c10-8-7-4-2-1-3-6(7)5-9-8;2-1(3,4)8(5,6)7/h1-5H;(H,5,6,7). The number of alkyl halides is 3. The number of carbonyl (C=O) groups is 1. The fourth-order valence-electron chi connectivity index (χ4n) is 1.00. The second kappa shape index (κ2) is 4.86. The first kappa shape index (κ1) is 14.3. The first-order valence-corrected chi connectivity index (χ1v) is 5.78. The molecule has 98 valence electrons. The number of aliphatic imine (C=N–C) groups is 1. The lowest BCUT2D eigenvalue weighted by Crippen LogP contribution is -2.21. The van der Waals surface area contributed by atoms with E-state index in [2.05, 4.69) is 4.99 Å². The van der Waals surface area contributed by atoms with Crippen LogP contribution in [-0.2, 0) is 10.1 Å². The first-order chi connectivity index (χ1) is 8.13. The summed E-state index contributed by atoms with van der Waals surface area (Å²) in [5, 5.41) is 0. The fourth-order valence-corrected chi connectivity index (χ4v) is 1.00. The molecule has 1 aliphatic heterocycles. The number of amides is 1. The Morgan fingerprint density at radius 1 is 1.17 bits per heavy atom. The highest BCUT2D eigenvalue weighted by atomic mass is 32.2. The van der Waals surface area contributed by atoms with E-state index in [9.17, 15) is 18.0 Å². The largest absolute Gasteiger partial charge is 0.522 e. The number of nitrogens with zero attached hydrogens (tertiary/aromatic N) is 1. The summed E-state index contributed by atoms with van der Waals surface area (Å²) in [5.74, 6) is -0.129. The van der Waals surface area contributed by atoms with Crippen molar-refractivity contribution >= 4 is 22.2 Å². The van der Waals surface area contributed by atoms with Crippen LogP contribution in [0.5, 0.6) is 0 Å². The van der Waals surface area contributed by atoms with Gasteiger partial charge >= 0.3 is 15.6 Å². The smallest absolute Gasteiger partial charge is 0.279 e. The Bertz CT molecular complexity index is 592. The van der Waals surface area contributed by atoms with Gasteiger partial charge in [0.25, 0.3) is 5.91 Å². The van der Waals surface area contributed by atoms with Crippen LogP contribution in [0.25, 0.3) is 0 Å². The van der Waals surface area contributed by atoms with Gasteiger partial charge in [-0.25, -0.2) is 4.99 Å². The van der Waals surface area contributed by atoms with Crippen LogP contribution in [0, 0.1) is 0 Å². The van der Waals surface area contributed by atoms with Gasteiger partial charge in [-0.3, -0.25) is 9.35 Å². The molecule has 0 spiro atoms. The molecular formula is C9H6F3NO4S. The molecule has 2 rings (SSSR count). The molecule has 5 nitrogen and oxygen atoms in total. The Balaban J connectivity index is 0.000000187. The van der Waals surface area contributed by atoms with E-state index in [1.165, 1.54) is 0 Å². The topological polar surface area (TPSA) is 83.8 Å². The molecule has 1 aromatic carbocycles. The summed E-state index contributed by atoms with van der Waals surface area (Å²) in [7, 11) is -5.84. The number of rotatable bonds is 0. The fraction of sp³-hybridized carbons (Fsp3) is 0.111. The summed E-state index contributed by atoms with van der Waals surface area (Å²) in [5.41, 5.74) is -3.90. The van der Waals surface area contributed by atoms with Crippen molar-refractivity contribution in [3.05, 3.63) is 35.4 Å². The van der Waals surface area contributed by atoms with Crippen molar-refractivity contribution in [2.45, 2.75) is 5.51 Å². The highest BCUT2D eigenvalue weighted by Gasteiger charge is 2.44. The van der Waals surface area contributed by atoms with Crippen molar-refractivity contribution in [2.75, 3.05) is 0 Å². The van der Waals surface area contributed by atoms with Gasteiger partial charge in [-0.1, -0.05) is 18.2 Å². The van der Waals surface area contributed by atoms with Crippen LogP contribution < -0.4 is 0 Å². The van der Waals surface area contributed by atoms with E-state index in [0.29, 0.717) is 5.56 Å². The van der Waals surface area contributed by atoms with Crippen LogP contribution >= 0.6 is 0 Å². The maximum absolute atomic E-state index is 10.9. The van der Waals surface area contributed by atoms with Crippen LogP contribution in [-0.4, -0.2) is 30.6 Å². The Morgan fingerprint density at radius 2 is 1.67 bits per heavy atom. The van der Waals surface area contributed by atoms with E-state index in [1.54, 1.807) is 12.3 Å². The Hall–Kier alpha value is -1.74. The SMILES string of the molecule is O=C1N=Cc2ccccc21.O=S(=O)(O)C(F)(F)F. The molecule has 0 fully saturated rings. The molecular weight excluding hydrogens is 275 g/mol. The van der Waals surface area contributed by atoms with E-state index in [-0.39, 0.29) is 5.91 Å². The van der Waals surface area contributed by atoms with Gasteiger partial charge in [0.2, 0.25) is 0 Å². The predicted molar refractivity (Wildman–Crippen MR) is 56.0 cm³/mol. The quantitative estimate of drug-likeness (QED) is 0.579. The number of fused-ring (bicyclic) bond motifs is 1. The molecule has 1 amide bonds. The number of carbonyl (C=O) groups excluding carboxylic acids is 1. The molecule has 0 aromatic heterocycles. The third-order valence-corrected chi connectivity index (χ3v) is 2.39. The van der Waals surface area contributed by atoms with Gasteiger partial charge < -0.3 is 0 Å². The van der Waals surface area contributed by atoms with Crippen LogP contribution in [0.1, 0.15) is 15.9 Å². The zero-order valence-corrected chi connectivity index (χ0v) is 9.36. The van der Waals surface area contributed by atoms with Crippen molar-refractivity contribution in [2.24, 2.45) is 4.99 Å². The van der Waals surface area contributed by atoms with Gasteiger partial charge in [-0.15, -0.1) is 0 Å². The summed E-state index contributed by atoms with van der Waals surface area (Å²) in [6.45, 7) is 0. The lowest BCUT2D eigenvalue weighted by atomic mass is 10.1. The molecule has 0 aliphatic carbocycles. The van der Waals surface area contributed by atoms with Gasteiger partial charge in [0.05, 0.1) is 5.56 Å². The average molecular weight is 281 g/mol. The Labute approximate surface area is 99.7 Å². The van der Waals surface area contributed by atoms with E-state index < -0.39 is 15.6 Å². The summed E-state index contributed by atoms with van der Waals surface area (Å²) in [6, 6.07) is 7.39. The Kier molecular flexibility index (Phi) is 3.87. The molecule has 1 aliphatic rings. The van der Waals surface area contributed by atoms with Crippen LogP contribution in [0.15, 0.2) is 29.3 Å². The highest BCUT2D eigenvalue weighted by molar-refractivity contribution is 7.86. The van der Waals surface area contributed by atoms with Gasteiger partial charge in [-0.2, -0.15) is 21.6 Å². The van der Waals surface area contributed by atoms with E-state index >= 15 is 0 Å². The van der Waals surface area contributed by atoms with Crippen molar-refractivity contribution in [3.8, 4) is 0 Å². The van der Waals surface area contributed by atoms with E-state index in [1.807, 2.05) is 18.2 Å². The van der Waals surface area contributed by atoms with Crippen LogP contribution in [0.3, 0.4) is 0 Å². The third-order valence-electron chi connectivity index (χ3n) is 1.80. The third kappa shape index (κ3) is 3.37. The summed E-state index contributed by atoms with van der Waals surface area (Å²) in [4.78, 5) is 14.5. The monoisotopic (exact) mass is 281 g/mol. The minimum atomic E-state index is -5.84. The minimum absolute atomic E-state index is 0.129. The van der Waals surface area contributed by atoms with Crippen molar-refractivity contribution in [1.29, 1.82) is 0 Å². The maximum atomic E-state index is 10.9. The van der Waals surface area contributed by atoms with Gasteiger partial charge in [-0.05, 0) is 6.07 Å². The summed E-state index contributed by atoms with van der Waals surface area (Å²) >= 11 is 0. The van der Waals surface area contributed by atoms with Crippen molar-refractivity contribution in [1.82, 2.24) is 0 Å². The van der Waals surface area contributed by atoms with E-state index in [0.717, 1.165) is 5.56 Å². The predicted octanol–water partition coefficient (Wildman–Crippen LogP) is 1.65. The minimum Gasteiger partial charge on any atom is -0.279 e. The molecule has 1 heterocycles. The summed E-state index contributed by atoms with van der Waals surface area (Å²) < 4.78 is 57.5. The molecule has 0 saturated carbocycles. The molecule has 1 aromatic rings. The highest BCUT2D eigenvalue weighted by Crippen LogP contribution is 2.20. The van der Waals surface area contributed by atoms with Gasteiger partial charge in [0, 0.05) is 11.8 Å². The average Bonchev–Trinajstić information content (AvgIpc) is 2.59. The molecule has 0 saturated heterocycles. The molecule has 0 atom stereocenters. The van der Waals surface area contributed by atoms with Crippen molar-refractivity contribution in [3.63, 3.8) is 0 Å². The van der Waals surface area contributed by atoms with E-state index in [4.69, 9.17) is 13.0 Å². The van der Waals surface area contributed by atoms with Crippen LogP contribution in [0.2, 0.25) is 0 Å². The number of hydrogen-bond acceptors (Lipinski definition) is 3. The van der Waals surface area contributed by atoms with Crippen molar-refractivity contribution < 1.29 is 30.9 Å². The first-order valence-electron chi connectivity index (χ1n) is 4.34. The number of halogens is 3. The number of benzene rings is 1. The van der Waals surface area contributed by atoms with Crippen LogP contribution in [0.4, 0.5) is 13.2 Å². The molecule has 0 radical (unpaired) electrons. The zero-order chi connectivity index (χ0) is 14.0. The molecule has 18 heavy (non-hydrogen) atoms. The Morgan fingerprint density at radius 3 is 2.11 bits per heavy atom.